The number of phenols is 1. The van der Waals surface area contributed by atoms with Crippen molar-refractivity contribution in [2.45, 2.75) is 0 Å². The molecule has 0 saturated carbocycles. The van der Waals surface area contributed by atoms with Crippen LogP contribution in [0.15, 0.2) is 42.5 Å². The summed E-state index contributed by atoms with van der Waals surface area (Å²) in [7, 11) is 1.47. The Morgan fingerprint density at radius 2 is 1.81 bits per heavy atom. The topological polar surface area (TPSA) is 71.0 Å². The number of nitrogens with zero attached hydrogens (tertiary/aromatic N) is 2. The van der Waals surface area contributed by atoms with Gasteiger partial charge < -0.3 is 9.84 Å². The number of H-pyrrole nitrogens is 1. The van der Waals surface area contributed by atoms with Gasteiger partial charge in [-0.15, -0.1) is 0 Å². The second kappa shape index (κ2) is 5.24. The minimum absolute atomic E-state index is 0.0514. The number of phenolic OH excluding ortho intramolecular Hbond substituents is 1. The number of aromatic hydroxyl groups is 1. The van der Waals surface area contributed by atoms with Crippen LogP contribution in [0, 0.1) is 5.82 Å². The van der Waals surface area contributed by atoms with Crippen molar-refractivity contribution in [2.75, 3.05) is 7.11 Å². The van der Waals surface area contributed by atoms with Crippen LogP contribution in [0.4, 0.5) is 4.39 Å². The molecule has 0 aliphatic heterocycles. The Kier molecular flexibility index (Phi) is 3.27. The summed E-state index contributed by atoms with van der Waals surface area (Å²) in [6.07, 6.45) is 0. The number of aromatic nitrogens is 3. The molecule has 0 unspecified atom stereocenters. The number of ether oxygens (including phenoxy) is 1. The summed E-state index contributed by atoms with van der Waals surface area (Å²) in [6.45, 7) is 0. The van der Waals surface area contributed by atoms with E-state index in [1.807, 2.05) is 0 Å². The van der Waals surface area contributed by atoms with Crippen LogP contribution in [0.3, 0.4) is 0 Å². The third-order valence-electron chi connectivity index (χ3n) is 3.04. The zero-order valence-electron chi connectivity index (χ0n) is 11.2. The maximum absolute atomic E-state index is 12.9. The van der Waals surface area contributed by atoms with Crippen LogP contribution in [-0.2, 0) is 0 Å². The Morgan fingerprint density at radius 1 is 1.10 bits per heavy atom. The quantitative estimate of drug-likeness (QED) is 0.776. The third-order valence-corrected chi connectivity index (χ3v) is 3.04. The fourth-order valence-electron chi connectivity index (χ4n) is 1.94. The molecule has 1 aromatic heterocycles. The van der Waals surface area contributed by atoms with E-state index < -0.39 is 0 Å². The normalized spacial score (nSPS) is 10.6. The van der Waals surface area contributed by atoms with Crippen LogP contribution in [0.25, 0.3) is 22.8 Å². The summed E-state index contributed by atoms with van der Waals surface area (Å²) in [6, 6.07) is 10.8. The summed E-state index contributed by atoms with van der Waals surface area (Å²) in [4.78, 5) is 4.36. The molecule has 0 aliphatic rings. The molecule has 0 fully saturated rings. The van der Waals surface area contributed by atoms with Crippen LogP contribution in [0.1, 0.15) is 0 Å². The lowest BCUT2D eigenvalue weighted by Crippen LogP contribution is -1.86. The molecular formula is C15H12FN3O2. The number of halogens is 1. The van der Waals surface area contributed by atoms with E-state index in [1.165, 1.54) is 25.3 Å². The van der Waals surface area contributed by atoms with Crippen molar-refractivity contribution in [3.8, 4) is 34.3 Å². The molecule has 1 heterocycles. The standard InChI is InChI=1S/C15H12FN3O2/c1-21-13-8-10(4-7-12(13)20)15-17-14(18-19-15)9-2-5-11(16)6-3-9/h2-8,20H,1H3,(H,17,18,19). The van der Waals surface area contributed by atoms with E-state index in [1.54, 1.807) is 24.3 Å². The molecule has 0 aliphatic carbocycles. The molecule has 0 atom stereocenters. The Bertz CT molecular complexity index is 769. The number of hydrogen-bond acceptors (Lipinski definition) is 4. The lowest BCUT2D eigenvalue weighted by atomic mass is 10.2. The van der Waals surface area contributed by atoms with Gasteiger partial charge in [0.15, 0.2) is 23.1 Å². The van der Waals surface area contributed by atoms with E-state index >= 15 is 0 Å². The highest BCUT2D eigenvalue weighted by molar-refractivity contribution is 5.64. The molecule has 0 saturated heterocycles. The predicted molar refractivity (Wildman–Crippen MR) is 75.4 cm³/mol. The van der Waals surface area contributed by atoms with Crippen LogP contribution in [-0.4, -0.2) is 27.4 Å². The van der Waals surface area contributed by atoms with Gasteiger partial charge in [-0.2, -0.15) is 5.10 Å². The van der Waals surface area contributed by atoms with Crippen LogP contribution in [0.5, 0.6) is 11.5 Å². The van der Waals surface area contributed by atoms with E-state index in [0.29, 0.717) is 23.0 Å². The Morgan fingerprint density at radius 3 is 2.52 bits per heavy atom. The first-order valence-corrected chi connectivity index (χ1v) is 6.23. The first kappa shape index (κ1) is 13.1. The maximum Gasteiger partial charge on any atom is 0.181 e. The number of hydrogen-bond donors (Lipinski definition) is 2. The van der Waals surface area contributed by atoms with E-state index in [2.05, 4.69) is 15.2 Å². The molecule has 21 heavy (non-hydrogen) atoms. The zero-order chi connectivity index (χ0) is 14.8. The van der Waals surface area contributed by atoms with E-state index in [9.17, 15) is 9.50 Å². The van der Waals surface area contributed by atoms with Crippen molar-refractivity contribution in [1.82, 2.24) is 15.2 Å². The molecule has 0 spiro atoms. The summed E-state index contributed by atoms with van der Waals surface area (Å²) in [5.74, 6) is 1.10. The molecule has 106 valence electrons. The first-order chi connectivity index (χ1) is 10.2. The van der Waals surface area contributed by atoms with Crippen LogP contribution < -0.4 is 4.74 Å². The Hall–Kier alpha value is -2.89. The predicted octanol–water partition coefficient (Wildman–Crippen LogP) is 2.99. The second-order valence-electron chi connectivity index (χ2n) is 4.40. The van der Waals surface area contributed by atoms with Crippen molar-refractivity contribution in [3.63, 3.8) is 0 Å². The van der Waals surface area contributed by atoms with Crippen molar-refractivity contribution in [3.05, 3.63) is 48.3 Å². The maximum atomic E-state index is 12.9. The minimum Gasteiger partial charge on any atom is -0.504 e. The van der Waals surface area contributed by atoms with Crippen LogP contribution >= 0.6 is 0 Å². The summed E-state index contributed by atoms with van der Waals surface area (Å²) < 4.78 is 18.0. The molecule has 5 nitrogen and oxygen atoms in total. The SMILES string of the molecule is COc1cc(-c2n[nH]c(-c3ccc(F)cc3)n2)ccc1O. The lowest BCUT2D eigenvalue weighted by molar-refractivity contribution is 0.373. The van der Waals surface area contributed by atoms with Gasteiger partial charge in [0.25, 0.3) is 0 Å². The highest BCUT2D eigenvalue weighted by Crippen LogP contribution is 2.30. The smallest absolute Gasteiger partial charge is 0.181 e. The van der Waals surface area contributed by atoms with E-state index in [-0.39, 0.29) is 11.6 Å². The first-order valence-electron chi connectivity index (χ1n) is 6.23. The molecular weight excluding hydrogens is 273 g/mol. The Balaban J connectivity index is 1.96. The van der Waals surface area contributed by atoms with E-state index in [4.69, 9.17) is 4.74 Å². The van der Waals surface area contributed by atoms with Crippen molar-refractivity contribution < 1.29 is 14.2 Å². The van der Waals surface area contributed by atoms with Gasteiger partial charge in [-0.1, -0.05) is 0 Å². The Labute approximate surface area is 120 Å². The molecule has 2 N–H and O–H groups in total. The van der Waals surface area contributed by atoms with Crippen molar-refractivity contribution >= 4 is 0 Å². The molecule has 0 amide bonds. The molecule has 0 bridgehead atoms. The molecule has 3 rings (SSSR count). The number of aromatic amines is 1. The highest BCUT2D eigenvalue weighted by Gasteiger charge is 2.10. The van der Waals surface area contributed by atoms with Gasteiger partial charge in [0.1, 0.15) is 5.82 Å². The van der Waals surface area contributed by atoms with E-state index in [0.717, 1.165) is 5.56 Å². The highest BCUT2D eigenvalue weighted by atomic mass is 19.1. The number of nitrogens with one attached hydrogen (secondary N) is 1. The van der Waals surface area contributed by atoms with Crippen molar-refractivity contribution in [2.24, 2.45) is 0 Å². The van der Waals surface area contributed by atoms with Gasteiger partial charge >= 0.3 is 0 Å². The monoisotopic (exact) mass is 285 g/mol. The van der Waals surface area contributed by atoms with Gasteiger partial charge in [-0.05, 0) is 42.5 Å². The number of benzene rings is 2. The largest absolute Gasteiger partial charge is 0.504 e. The summed E-state index contributed by atoms with van der Waals surface area (Å²) in [5.41, 5.74) is 1.44. The lowest BCUT2D eigenvalue weighted by Gasteiger charge is -2.03. The van der Waals surface area contributed by atoms with Gasteiger partial charge in [0.2, 0.25) is 0 Å². The van der Waals surface area contributed by atoms with Gasteiger partial charge in [0.05, 0.1) is 7.11 Å². The summed E-state index contributed by atoms with van der Waals surface area (Å²) >= 11 is 0. The average molecular weight is 285 g/mol. The second-order valence-corrected chi connectivity index (χ2v) is 4.40. The van der Waals surface area contributed by atoms with Gasteiger partial charge in [-0.25, -0.2) is 9.37 Å². The van der Waals surface area contributed by atoms with Gasteiger partial charge in [0, 0.05) is 11.1 Å². The van der Waals surface area contributed by atoms with Gasteiger partial charge in [-0.3, -0.25) is 5.10 Å². The molecule has 3 aromatic rings. The molecule has 6 heteroatoms. The average Bonchev–Trinajstić information content (AvgIpc) is 2.98. The van der Waals surface area contributed by atoms with Crippen molar-refractivity contribution in [1.29, 1.82) is 0 Å². The minimum atomic E-state index is -0.304. The molecule has 0 radical (unpaired) electrons. The third kappa shape index (κ3) is 2.55. The van der Waals surface area contributed by atoms with Crippen LogP contribution in [0.2, 0.25) is 0 Å². The fourth-order valence-corrected chi connectivity index (χ4v) is 1.94. The fraction of sp³-hybridized carbons (Fsp3) is 0.0667. The molecule has 2 aromatic carbocycles. The summed E-state index contributed by atoms with van der Waals surface area (Å²) in [5, 5.41) is 16.5. The number of methoxy groups -OCH3 is 1. The zero-order valence-corrected chi connectivity index (χ0v) is 11.2. The number of rotatable bonds is 3.